The van der Waals surface area contributed by atoms with Crippen LogP contribution in [0.15, 0.2) is 65.6 Å². The number of nitrogens with one attached hydrogen (secondary N) is 1. The summed E-state index contributed by atoms with van der Waals surface area (Å²) < 4.78 is 34.6. The molecule has 2 amide bonds. The Bertz CT molecular complexity index is 1600. The monoisotopic (exact) mass is 630 g/mol. The summed E-state index contributed by atoms with van der Waals surface area (Å²) in [6, 6.07) is 14.3. The van der Waals surface area contributed by atoms with Crippen molar-refractivity contribution in [3.63, 3.8) is 0 Å². The van der Waals surface area contributed by atoms with Gasteiger partial charge in [0.15, 0.2) is 0 Å². The topological polar surface area (TPSA) is 139 Å². The van der Waals surface area contributed by atoms with Crippen molar-refractivity contribution in [1.29, 1.82) is 0 Å². The van der Waals surface area contributed by atoms with Crippen LogP contribution in [0.4, 0.5) is 11.4 Å². The fourth-order valence-corrected chi connectivity index (χ4v) is 6.15. The number of methoxy groups -OCH3 is 1. The molecule has 13 heteroatoms. The van der Waals surface area contributed by atoms with Gasteiger partial charge in [0.2, 0.25) is 11.8 Å². The van der Waals surface area contributed by atoms with Crippen LogP contribution in [0, 0.1) is 24.0 Å². The average Bonchev–Trinajstić information content (AvgIpc) is 2.96. The highest BCUT2D eigenvalue weighted by Gasteiger charge is 2.35. The predicted molar refractivity (Wildman–Crippen MR) is 165 cm³/mol. The van der Waals surface area contributed by atoms with Crippen LogP contribution in [0.2, 0.25) is 5.02 Å². The number of carbonyl (C=O) groups is 2. The Labute approximate surface area is 256 Å². The number of aryl methyl sites for hydroxylation is 2. The lowest BCUT2D eigenvalue weighted by atomic mass is 10.1. The summed E-state index contributed by atoms with van der Waals surface area (Å²) in [5.74, 6) is -0.955. The number of hydrogen-bond donors (Lipinski definition) is 1. The third-order valence-electron chi connectivity index (χ3n) is 6.86. The van der Waals surface area contributed by atoms with Crippen molar-refractivity contribution in [3.8, 4) is 5.75 Å². The van der Waals surface area contributed by atoms with Crippen LogP contribution in [-0.2, 0) is 26.2 Å². The van der Waals surface area contributed by atoms with E-state index in [9.17, 15) is 28.1 Å². The maximum atomic E-state index is 14.2. The number of halogens is 1. The summed E-state index contributed by atoms with van der Waals surface area (Å²) in [5.41, 5.74) is 1.58. The quantitative estimate of drug-likeness (QED) is 0.207. The van der Waals surface area contributed by atoms with Gasteiger partial charge in [-0.3, -0.25) is 24.0 Å². The van der Waals surface area contributed by atoms with E-state index in [1.165, 1.54) is 49.3 Å². The van der Waals surface area contributed by atoms with E-state index in [0.717, 1.165) is 21.5 Å². The molecule has 11 nitrogen and oxygen atoms in total. The molecule has 43 heavy (non-hydrogen) atoms. The van der Waals surface area contributed by atoms with Crippen LogP contribution in [-0.4, -0.2) is 56.3 Å². The van der Waals surface area contributed by atoms with Gasteiger partial charge in [-0.25, -0.2) is 8.42 Å². The standard InChI is InChI=1S/C30H35ClN4O7S/c1-6-25(30(37)32-7-2)33(18-22-11-8-20(3)9-12-22)29(36)19-34(27-16-23(31)13-15-28(27)42-5)43(40,41)24-14-10-21(4)26(17-24)35(38)39/h8-17,25H,6-7,18-19H2,1-5H3,(H,32,37)/t25-/m1/s1. The Morgan fingerprint density at radius 1 is 1.05 bits per heavy atom. The van der Waals surface area contributed by atoms with E-state index in [-0.39, 0.29) is 40.9 Å². The van der Waals surface area contributed by atoms with E-state index in [0.29, 0.717) is 6.54 Å². The smallest absolute Gasteiger partial charge is 0.273 e. The number of nitro groups is 1. The summed E-state index contributed by atoms with van der Waals surface area (Å²) in [6.45, 7) is 6.56. The molecule has 0 aliphatic heterocycles. The zero-order valence-corrected chi connectivity index (χ0v) is 26.2. The van der Waals surface area contributed by atoms with Gasteiger partial charge in [0.25, 0.3) is 15.7 Å². The molecule has 0 unspecified atom stereocenters. The van der Waals surface area contributed by atoms with Crippen molar-refractivity contribution in [1.82, 2.24) is 10.2 Å². The second-order valence-electron chi connectivity index (χ2n) is 9.86. The third-order valence-corrected chi connectivity index (χ3v) is 8.86. The number of anilines is 1. The van der Waals surface area contributed by atoms with Crippen LogP contribution < -0.4 is 14.4 Å². The molecule has 0 aromatic heterocycles. The molecule has 1 atom stereocenters. The number of sulfonamides is 1. The molecule has 0 heterocycles. The molecular weight excluding hydrogens is 596 g/mol. The first-order valence-electron chi connectivity index (χ1n) is 13.6. The molecule has 1 N–H and O–H groups in total. The predicted octanol–water partition coefficient (Wildman–Crippen LogP) is 5.01. The van der Waals surface area contributed by atoms with Gasteiger partial charge < -0.3 is 15.0 Å². The third kappa shape index (κ3) is 7.82. The Morgan fingerprint density at radius 2 is 1.72 bits per heavy atom. The van der Waals surface area contributed by atoms with Gasteiger partial charge in [0, 0.05) is 29.7 Å². The summed E-state index contributed by atoms with van der Waals surface area (Å²) in [4.78, 5) is 39.1. The fourth-order valence-electron chi connectivity index (χ4n) is 4.55. The highest BCUT2D eigenvalue weighted by Crippen LogP contribution is 2.36. The number of benzene rings is 3. The summed E-state index contributed by atoms with van der Waals surface area (Å²) in [6.07, 6.45) is 0.265. The molecule has 0 saturated carbocycles. The van der Waals surface area contributed by atoms with E-state index >= 15 is 0 Å². The maximum Gasteiger partial charge on any atom is 0.273 e. The van der Waals surface area contributed by atoms with Crippen molar-refractivity contribution in [2.75, 3.05) is 24.5 Å². The molecule has 230 valence electrons. The highest BCUT2D eigenvalue weighted by molar-refractivity contribution is 7.92. The van der Waals surface area contributed by atoms with Crippen LogP contribution in [0.3, 0.4) is 0 Å². The molecule has 0 saturated heterocycles. The molecule has 0 spiro atoms. The zero-order chi connectivity index (χ0) is 31.9. The Balaban J connectivity index is 2.18. The lowest BCUT2D eigenvalue weighted by molar-refractivity contribution is -0.385. The molecule has 0 fully saturated rings. The first kappa shape index (κ1) is 33.3. The Kier molecular flexibility index (Phi) is 11.1. The molecule has 0 bridgehead atoms. The Hall–Kier alpha value is -4.16. The minimum atomic E-state index is -4.60. The van der Waals surface area contributed by atoms with E-state index in [4.69, 9.17) is 16.3 Å². The number of carbonyl (C=O) groups excluding carboxylic acids is 2. The zero-order valence-electron chi connectivity index (χ0n) is 24.7. The van der Waals surface area contributed by atoms with Crippen molar-refractivity contribution < 1.29 is 27.7 Å². The van der Waals surface area contributed by atoms with Gasteiger partial charge in [0.05, 0.1) is 22.6 Å². The fraction of sp³-hybridized carbons (Fsp3) is 0.333. The first-order chi connectivity index (χ1) is 20.3. The number of ether oxygens (including phenoxy) is 1. The normalized spacial score (nSPS) is 11.9. The number of amides is 2. The van der Waals surface area contributed by atoms with Gasteiger partial charge in [-0.1, -0.05) is 54.4 Å². The SMILES string of the molecule is CCNC(=O)[C@@H](CC)N(Cc1ccc(C)cc1)C(=O)CN(c1cc(Cl)ccc1OC)S(=O)(=O)c1ccc(C)c([N+](=O)[O-])c1. The summed E-state index contributed by atoms with van der Waals surface area (Å²) >= 11 is 6.26. The van der Waals surface area contributed by atoms with E-state index in [2.05, 4.69) is 5.32 Å². The maximum absolute atomic E-state index is 14.2. The minimum absolute atomic E-state index is 0.0331. The van der Waals surface area contributed by atoms with Gasteiger partial charge >= 0.3 is 0 Å². The Morgan fingerprint density at radius 3 is 2.30 bits per heavy atom. The van der Waals surface area contributed by atoms with Crippen LogP contribution in [0.25, 0.3) is 0 Å². The molecule has 0 aliphatic carbocycles. The lowest BCUT2D eigenvalue weighted by Crippen LogP contribution is -2.52. The second kappa shape index (κ2) is 14.3. The number of nitrogens with zero attached hydrogens (tertiary/aromatic N) is 3. The van der Waals surface area contributed by atoms with E-state index < -0.39 is 44.0 Å². The number of likely N-dealkylation sites (N-methyl/N-ethyl adjacent to an activating group) is 1. The van der Waals surface area contributed by atoms with Gasteiger partial charge in [-0.15, -0.1) is 0 Å². The molecule has 0 radical (unpaired) electrons. The highest BCUT2D eigenvalue weighted by atomic mass is 35.5. The average molecular weight is 631 g/mol. The minimum Gasteiger partial charge on any atom is -0.495 e. The van der Waals surface area contributed by atoms with E-state index in [1.54, 1.807) is 13.8 Å². The first-order valence-corrected chi connectivity index (χ1v) is 15.4. The van der Waals surface area contributed by atoms with Crippen molar-refractivity contribution in [3.05, 3.63) is 92.5 Å². The largest absolute Gasteiger partial charge is 0.495 e. The van der Waals surface area contributed by atoms with Crippen LogP contribution in [0.1, 0.15) is 37.0 Å². The number of hydrogen-bond acceptors (Lipinski definition) is 7. The number of rotatable bonds is 13. The summed E-state index contributed by atoms with van der Waals surface area (Å²) in [5, 5.41) is 14.6. The molecule has 3 aromatic carbocycles. The second-order valence-corrected chi connectivity index (χ2v) is 12.2. The van der Waals surface area contributed by atoms with Gasteiger partial charge in [-0.2, -0.15) is 0 Å². The molecular formula is C30H35ClN4O7S. The van der Waals surface area contributed by atoms with Crippen molar-refractivity contribution >= 4 is 44.8 Å². The number of nitro benzene ring substituents is 1. The van der Waals surface area contributed by atoms with Crippen molar-refractivity contribution in [2.45, 2.75) is 51.6 Å². The van der Waals surface area contributed by atoms with Crippen LogP contribution in [0.5, 0.6) is 5.75 Å². The molecule has 3 aromatic rings. The molecule has 3 rings (SSSR count). The summed E-state index contributed by atoms with van der Waals surface area (Å²) in [7, 11) is -3.27. The lowest BCUT2D eigenvalue weighted by Gasteiger charge is -2.33. The van der Waals surface area contributed by atoms with Gasteiger partial charge in [0.1, 0.15) is 18.3 Å². The molecule has 0 aliphatic rings. The van der Waals surface area contributed by atoms with Crippen molar-refractivity contribution in [2.24, 2.45) is 0 Å². The van der Waals surface area contributed by atoms with Gasteiger partial charge in [-0.05, 0) is 57.0 Å². The van der Waals surface area contributed by atoms with E-state index in [1.807, 2.05) is 31.2 Å². The van der Waals surface area contributed by atoms with Crippen LogP contribution >= 0.6 is 11.6 Å².